The Morgan fingerprint density at radius 1 is 1.12 bits per heavy atom. The van der Waals surface area contributed by atoms with Crippen molar-refractivity contribution in [2.45, 2.75) is 18.9 Å². The molecule has 2 aliphatic rings. The highest BCUT2D eigenvalue weighted by molar-refractivity contribution is 5.93. The summed E-state index contributed by atoms with van der Waals surface area (Å²) in [6.07, 6.45) is 8.72. The van der Waals surface area contributed by atoms with Crippen LogP contribution in [-0.4, -0.2) is 33.9 Å². The molecular formula is C27H23N3O2. The number of benzene rings is 2. The van der Waals surface area contributed by atoms with E-state index >= 15 is 0 Å². The molecule has 1 atom stereocenters. The Labute approximate surface area is 186 Å². The number of nitrogens with zero attached hydrogens (tertiary/aromatic N) is 2. The molecule has 6 rings (SSSR count). The number of H-pyrrole nitrogens is 1. The van der Waals surface area contributed by atoms with Gasteiger partial charge in [-0.05, 0) is 59.0 Å². The van der Waals surface area contributed by atoms with Crippen molar-refractivity contribution in [2.24, 2.45) is 0 Å². The second kappa shape index (κ2) is 7.68. The molecule has 2 aromatic carbocycles. The zero-order valence-electron chi connectivity index (χ0n) is 17.6. The molecule has 2 aromatic heterocycles. The number of aromatic amines is 1. The maximum Gasteiger partial charge on any atom is 0.247 e. The van der Waals surface area contributed by atoms with Crippen molar-refractivity contribution in [2.75, 3.05) is 13.2 Å². The van der Waals surface area contributed by atoms with Gasteiger partial charge in [0.1, 0.15) is 5.75 Å². The number of amides is 1. The number of fused-ring (bicyclic) bond motifs is 4. The van der Waals surface area contributed by atoms with E-state index in [9.17, 15) is 4.79 Å². The molecule has 1 unspecified atom stereocenters. The van der Waals surface area contributed by atoms with E-state index in [1.165, 1.54) is 16.5 Å². The van der Waals surface area contributed by atoms with E-state index in [-0.39, 0.29) is 11.9 Å². The number of carbonyl (C=O) groups excluding carboxylic acids is 1. The number of hydrogen-bond acceptors (Lipinski definition) is 3. The van der Waals surface area contributed by atoms with Crippen LogP contribution in [0.5, 0.6) is 5.75 Å². The number of pyridine rings is 1. The summed E-state index contributed by atoms with van der Waals surface area (Å²) in [5.41, 5.74) is 6.78. The van der Waals surface area contributed by atoms with Crippen LogP contribution in [-0.2, 0) is 17.6 Å². The van der Waals surface area contributed by atoms with Gasteiger partial charge >= 0.3 is 0 Å². The smallest absolute Gasteiger partial charge is 0.247 e. The monoisotopic (exact) mass is 421 g/mol. The van der Waals surface area contributed by atoms with Crippen LogP contribution >= 0.6 is 0 Å². The molecule has 32 heavy (non-hydrogen) atoms. The summed E-state index contributed by atoms with van der Waals surface area (Å²) in [6.45, 7) is 1.39. The van der Waals surface area contributed by atoms with Gasteiger partial charge in [-0.1, -0.05) is 30.3 Å². The van der Waals surface area contributed by atoms with Crippen molar-refractivity contribution in [3.63, 3.8) is 0 Å². The molecule has 0 fully saturated rings. The van der Waals surface area contributed by atoms with E-state index in [1.54, 1.807) is 18.5 Å². The van der Waals surface area contributed by atoms with Crippen LogP contribution in [0.1, 0.15) is 34.0 Å². The highest BCUT2D eigenvalue weighted by atomic mass is 16.5. The summed E-state index contributed by atoms with van der Waals surface area (Å²) in [7, 11) is 0. The first-order valence-corrected chi connectivity index (χ1v) is 11.0. The standard InChI is InChI=1S/C27H23N3O2/c31-25(10-7-18-4-3-13-28-17-18)30-14-11-22-21-5-1-2-6-23(21)29-26(22)27(30)20-8-9-24-19(16-20)12-15-32-24/h1-10,13,16-17,27,29H,11-12,14-15H2. The van der Waals surface area contributed by atoms with E-state index in [1.807, 2.05) is 35.2 Å². The molecule has 0 aliphatic carbocycles. The van der Waals surface area contributed by atoms with Gasteiger partial charge in [0.25, 0.3) is 0 Å². The highest BCUT2D eigenvalue weighted by Gasteiger charge is 2.34. The third-order valence-electron chi connectivity index (χ3n) is 6.45. The fraction of sp³-hybridized carbons (Fsp3) is 0.185. The summed E-state index contributed by atoms with van der Waals surface area (Å²) in [5, 5.41) is 1.25. The maximum atomic E-state index is 13.4. The minimum atomic E-state index is -0.164. The van der Waals surface area contributed by atoms with Gasteiger partial charge in [-0.15, -0.1) is 0 Å². The number of ether oxygens (including phenoxy) is 1. The molecule has 5 heteroatoms. The largest absolute Gasteiger partial charge is 0.493 e. The minimum Gasteiger partial charge on any atom is -0.493 e. The Kier molecular flexibility index (Phi) is 4.53. The van der Waals surface area contributed by atoms with Crippen molar-refractivity contribution < 1.29 is 9.53 Å². The fourth-order valence-electron chi connectivity index (χ4n) is 4.94. The minimum absolute atomic E-state index is 0.0000855. The number of hydrogen-bond donors (Lipinski definition) is 1. The molecule has 5 nitrogen and oxygen atoms in total. The van der Waals surface area contributed by atoms with Crippen molar-refractivity contribution in [3.05, 3.63) is 101 Å². The van der Waals surface area contributed by atoms with E-state index < -0.39 is 0 Å². The Morgan fingerprint density at radius 2 is 2.06 bits per heavy atom. The van der Waals surface area contributed by atoms with E-state index in [0.29, 0.717) is 6.54 Å². The molecule has 1 N–H and O–H groups in total. The van der Waals surface area contributed by atoms with Crippen LogP contribution in [0, 0.1) is 0 Å². The maximum absolute atomic E-state index is 13.4. The van der Waals surface area contributed by atoms with Crippen LogP contribution in [0.3, 0.4) is 0 Å². The second-order valence-electron chi connectivity index (χ2n) is 8.33. The molecule has 2 aliphatic heterocycles. The zero-order valence-corrected chi connectivity index (χ0v) is 17.6. The van der Waals surface area contributed by atoms with Crippen LogP contribution in [0.2, 0.25) is 0 Å². The number of aromatic nitrogens is 2. The van der Waals surface area contributed by atoms with Crippen LogP contribution < -0.4 is 4.74 Å². The van der Waals surface area contributed by atoms with E-state index in [0.717, 1.165) is 47.5 Å². The van der Waals surface area contributed by atoms with Gasteiger partial charge in [-0.2, -0.15) is 0 Å². The number of carbonyl (C=O) groups is 1. The predicted molar refractivity (Wildman–Crippen MR) is 124 cm³/mol. The first kappa shape index (κ1) is 18.9. The molecule has 4 aromatic rings. The number of rotatable bonds is 3. The molecule has 1 amide bonds. The summed E-state index contributed by atoms with van der Waals surface area (Å²) in [6, 6.07) is 18.4. The van der Waals surface area contributed by atoms with Crippen molar-refractivity contribution >= 4 is 22.9 Å². The quantitative estimate of drug-likeness (QED) is 0.489. The van der Waals surface area contributed by atoms with Gasteiger partial charge in [0.15, 0.2) is 0 Å². The van der Waals surface area contributed by atoms with Crippen LogP contribution in [0.25, 0.3) is 17.0 Å². The molecule has 0 radical (unpaired) electrons. The lowest BCUT2D eigenvalue weighted by atomic mass is 9.91. The third kappa shape index (κ3) is 3.17. The summed E-state index contributed by atoms with van der Waals surface area (Å²) >= 11 is 0. The van der Waals surface area contributed by atoms with Crippen molar-refractivity contribution in [3.8, 4) is 5.75 Å². The lowest BCUT2D eigenvalue weighted by Crippen LogP contribution is -2.39. The summed E-state index contributed by atoms with van der Waals surface area (Å²) in [5.74, 6) is 0.954. The van der Waals surface area contributed by atoms with Crippen LogP contribution in [0.4, 0.5) is 0 Å². The Balaban J connectivity index is 1.44. The average molecular weight is 422 g/mol. The summed E-state index contributed by atoms with van der Waals surface area (Å²) < 4.78 is 5.71. The number of para-hydroxylation sites is 1. The molecule has 0 saturated heterocycles. The molecular weight excluding hydrogens is 398 g/mol. The van der Waals surface area contributed by atoms with Gasteiger partial charge in [-0.3, -0.25) is 9.78 Å². The molecule has 0 saturated carbocycles. The Hall–Kier alpha value is -3.86. The molecule has 158 valence electrons. The van der Waals surface area contributed by atoms with E-state index in [4.69, 9.17) is 4.74 Å². The van der Waals surface area contributed by atoms with Gasteiger partial charge in [0, 0.05) is 48.0 Å². The fourth-order valence-corrected chi connectivity index (χ4v) is 4.94. The lowest BCUT2D eigenvalue weighted by Gasteiger charge is -2.36. The molecule has 0 spiro atoms. The first-order chi connectivity index (χ1) is 15.8. The zero-order chi connectivity index (χ0) is 21.5. The highest BCUT2D eigenvalue weighted by Crippen LogP contribution is 2.40. The van der Waals surface area contributed by atoms with Gasteiger partial charge in [0.2, 0.25) is 5.91 Å². The van der Waals surface area contributed by atoms with Gasteiger partial charge in [-0.25, -0.2) is 0 Å². The average Bonchev–Trinajstić information content (AvgIpc) is 3.46. The Bertz CT molecular complexity index is 1340. The van der Waals surface area contributed by atoms with E-state index in [2.05, 4.69) is 40.3 Å². The second-order valence-corrected chi connectivity index (χ2v) is 8.33. The van der Waals surface area contributed by atoms with Crippen molar-refractivity contribution in [1.82, 2.24) is 14.9 Å². The molecule has 0 bridgehead atoms. The third-order valence-corrected chi connectivity index (χ3v) is 6.45. The van der Waals surface area contributed by atoms with Gasteiger partial charge in [0.05, 0.1) is 12.6 Å². The van der Waals surface area contributed by atoms with Crippen molar-refractivity contribution in [1.29, 1.82) is 0 Å². The molecule has 4 heterocycles. The predicted octanol–water partition coefficient (Wildman–Crippen LogP) is 4.69. The number of nitrogens with one attached hydrogen (secondary N) is 1. The normalized spacial score (nSPS) is 17.4. The topological polar surface area (TPSA) is 58.2 Å². The summed E-state index contributed by atoms with van der Waals surface area (Å²) in [4.78, 5) is 23.1. The SMILES string of the molecule is O=C(C=Cc1cccnc1)N1CCc2c([nH]c3ccccc23)C1c1ccc2c(c1)CCO2. The van der Waals surface area contributed by atoms with Gasteiger partial charge < -0.3 is 14.6 Å². The first-order valence-electron chi connectivity index (χ1n) is 11.0. The lowest BCUT2D eigenvalue weighted by molar-refractivity contribution is -0.128. The Morgan fingerprint density at radius 3 is 2.97 bits per heavy atom. The van der Waals surface area contributed by atoms with Crippen LogP contribution in [0.15, 0.2) is 73.1 Å².